The van der Waals surface area contributed by atoms with Crippen molar-refractivity contribution in [1.82, 2.24) is 19.9 Å². The first-order chi connectivity index (χ1) is 13.9. The normalized spacial score (nSPS) is 21.9. The van der Waals surface area contributed by atoms with Gasteiger partial charge in [-0.05, 0) is 32.3 Å². The van der Waals surface area contributed by atoms with E-state index in [4.69, 9.17) is 16.3 Å². The maximum absolute atomic E-state index is 14.5. The molecule has 1 saturated carbocycles. The van der Waals surface area contributed by atoms with Crippen molar-refractivity contribution in [3.05, 3.63) is 35.5 Å². The van der Waals surface area contributed by atoms with Gasteiger partial charge in [-0.2, -0.15) is 0 Å². The van der Waals surface area contributed by atoms with Gasteiger partial charge in [-0.1, -0.05) is 18.0 Å². The first-order valence-electron chi connectivity index (χ1n) is 9.40. The summed E-state index contributed by atoms with van der Waals surface area (Å²) in [5, 5.41) is 4.45. The van der Waals surface area contributed by atoms with Crippen molar-refractivity contribution in [2.45, 2.75) is 38.1 Å². The molecule has 4 rings (SSSR count). The number of aromatic amines is 1. The third-order valence-electron chi connectivity index (χ3n) is 5.42. The van der Waals surface area contributed by atoms with Gasteiger partial charge in [-0.25, -0.2) is 19.3 Å². The maximum Gasteiger partial charge on any atom is 0.308 e. The van der Waals surface area contributed by atoms with Crippen molar-refractivity contribution in [2.24, 2.45) is 5.92 Å². The predicted octanol–water partition coefficient (Wildman–Crippen LogP) is 4.35. The number of rotatable bonds is 4. The van der Waals surface area contributed by atoms with E-state index in [0.29, 0.717) is 28.5 Å². The van der Waals surface area contributed by atoms with Gasteiger partial charge in [0.1, 0.15) is 5.65 Å². The number of hydrogen-bond donors (Lipinski definition) is 2. The van der Waals surface area contributed by atoms with Crippen LogP contribution in [0.1, 0.15) is 32.6 Å². The summed E-state index contributed by atoms with van der Waals surface area (Å²) in [5.74, 6) is -0.533. The number of halogens is 2. The molecule has 0 bridgehead atoms. The van der Waals surface area contributed by atoms with E-state index < -0.39 is 11.4 Å². The predicted molar refractivity (Wildman–Crippen MR) is 108 cm³/mol. The molecule has 29 heavy (non-hydrogen) atoms. The Balaban J connectivity index is 1.65. The third-order valence-corrected chi connectivity index (χ3v) is 5.62. The van der Waals surface area contributed by atoms with Gasteiger partial charge in [-0.15, -0.1) is 0 Å². The number of esters is 1. The van der Waals surface area contributed by atoms with Gasteiger partial charge in [0.05, 0.1) is 24.2 Å². The van der Waals surface area contributed by atoms with Crippen LogP contribution in [0.4, 0.5) is 10.2 Å². The van der Waals surface area contributed by atoms with Crippen LogP contribution in [0.25, 0.3) is 22.4 Å². The molecule has 0 aliphatic heterocycles. The second-order valence-corrected chi connectivity index (χ2v) is 8.08. The molecular weight excluding hydrogens is 397 g/mol. The Bertz CT molecular complexity index is 1070. The molecule has 0 saturated heterocycles. The molecule has 0 amide bonds. The largest absolute Gasteiger partial charge is 0.469 e. The van der Waals surface area contributed by atoms with Crippen molar-refractivity contribution in [1.29, 1.82) is 0 Å². The van der Waals surface area contributed by atoms with E-state index in [2.05, 4.69) is 25.3 Å². The van der Waals surface area contributed by atoms with Crippen LogP contribution in [0.3, 0.4) is 0 Å². The van der Waals surface area contributed by atoms with Crippen LogP contribution < -0.4 is 5.32 Å². The van der Waals surface area contributed by atoms with Gasteiger partial charge in [0.2, 0.25) is 0 Å². The topological polar surface area (TPSA) is 92.8 Å². The average Bonchev–Trinajstić information content (AvgIpc) is 3.12. The molecule has 2 unspecified atom stereocenters. The standard InChI is InChI=1S/C20H21ClFN5O2/c1-20(5-3-4-11(7-20)19(28)29-2)27-18-15(22)10-25-17(26-18)14-9-24-16-13(14)6-12(21)8-23-16/h6,8-11H,3-5,7H2,1-2H3,(H,23,24)(H,25,26,27). The van der Waals surface area contributed by atoms with Crippen molar-refractivity contribution >= 4 is 34.4 Å². The zero-order chi connectivity index (χ0) is 20.6. The summed E-state index contributed by atoms with van der Waals surface area (Å²) < 4.78 is 19.4. The number of methoxy groups -OCH3 is 1. The van der Waals surface area contributed by atoms with Crippen molar-refractivity contribution < 1.29 is 13.9 Å². The lowest BCUT2D eigenvalue weighted by atomic mass is 9.77. The Morgan fingerprint density at radius 3 is 3.03 bits per heavy atom. The van der Waals surface area contributed by atoms with Crippen LogP contribution in [0.2, 0.25) is 5.02 Å². The van der Waals surface area contributed by atoms with E-state index in [0.717, 1.165) is 30.8 Å². The minimum absolute atomic E-state index is 0.104. The average molecular weight is 418 g/mol. The highest BCUT2D eigenvalue weighted by atomic mass is 35.5. The van der Waals surface area contributed by atoms with Gasteiger partial charge in [0.25, 0.3) is 0 Å². The number of carbonyl (C=O) groups excluding carboxylic acids is 1. The maximum atomic E-state index is 14.5. The quantitative estimate of drug-likeness (QED) is 0.613. The van der Waals surface area contributed by atoms with Crippen molar-refractivity contribution in [3.8, 4) is 11.4 Å². The lowest BCUT2D eigenvalue weighted by Gasteiger charge is -2.38. The molecule has 3 aromatic rings. The third kappa shape index (κ3) is 3.89. The Hall–Kier alpha value is -2.74. The second kappa shape index (κ2) is 7.59. The highest BCUT2D eigenvalue weighted by Crippen LogP contribution is 2.36. The Labute approximate surface area is 172 Å². The number of H-pyrrole nitrogens is 1. The molecule has 1 fully saturated rings. The van der Waals surface area contributed by atoms with Crippen LogP contribution in [0.15, 0.2) is 24.7 Å². The lowest BCUT2D eigenvalue weighted by molar-refractivity contribution is -0.147. The van der Waals surface area contributed by atoms with Gasteiger partial charge >= 0.3 is 5.97 Å². The molecule has 7 nitrogen and oxygen atoms in total. The Morgan fingerprint density at radius 2 is 2.24 bits per heavy atom. The van der Waals surface area contributed by atoms with Crippen molar-refractivity contribution in [3.63, 3.8) is 0 Å². The summed E-state index contributed by atoms with van der Waals surface area (Å²) in [5.41, 5.74) is 0.848. The zero-order valence-corrected chi connectivity index (χ0v) is 16.9. The van der Waals surface area contributed by atoms with Crippen LogP contribution in [0, 0.1) is 11.7 Å². The number of aromatic nitrogens is 4. The fraction of sp³-hybridized carbons (Fsp3) is 0.400. The summed E-state index contributed by atoms with van der Waals surface area (Å²) in [6.07, 6.45) is 7.37. The summed E-state index contributed by atoms with van der Waals surface area (Å²) in [6.45, 7) is 1.97. The lowest BCUT2D eigenvalue weighted by Crippen LogP contribution is -2.42. The fourth-order valence-electron chi connectivity index (χ4n) is 4.00. The Kier molecular flexibility index (Phi) is 5.12. The van der Waals surface area contributed by atoms with Crippen LogP contribution in [-0.4, -0.2) is 38.6 Å². The number of carbonyl (C=O) groups is 1. The molecule has 2 N–H and O–H groups in total. The Morgan fingerprint density at radius 1 is 1.41 bits per heavy atom. The smallest absolute Gasteiger partial charge is 0.308 e. The summed E-state index contributed by atoms with van der Waals surface area (Å²) >= 11 is 6.06. The van der Waals surface area contributed by atoms with Gasteiger partial charge < -0.3 is 15.0 Å². The first kappa shape index (κ1) is 19.6. The summed E-state index contributed by atoms with van der Waals surface area (Å²) in [7, 11) is 1.39. The number of ether oxygens (including phenoxy) is 1. The number of anilines is 1. The van der Waals surface area contributed by atoms with Crippen molar-refractivity contribution in [2.75, 3.05) is 12.4 Å². The number of nitrogens with one attached hydrogen (secondary N) is 2. The molecule has 3 heterocycles. The molecule has 2 atom stereocenters. The number of pyridine rings is 1. The molecule has 0 aromatic carbocycles. The van der Waals surface area contributed by atoms with E-state index in [1.165, 1.54) is 7.11 Å². The fourth-order valence-corrected chi connectivity index (χ4v) is 4.16. The van der Waals surface area contributed by atoms with Crippen LogP contribution >= 0.6 is 11.6 Å². The first-order valence-corrected chi connectivity index (χ1v) is 9.78. The minimum atomic E-state index is -0.550. The molecule has 9 heteroatoms. The molecule has 3 aromatic heterocycles. The molecule has 152 valence electrons. The van der Waals surface area contributed by atoms with Crippen LogP contribution in [-0.2, 0) is 9.53 Å². The van der Waals surface area contributed by atoms with Crippen LogP contribution in [0.5, 0.6) is 0 Å². The minimum Gasteiger partial charge on any atom is -0.469 e. The number of nitrogens with zero attached hydrogens (tertiary/aromatic N) is 3. The zero-order valence-electron chi connectivity index (χ0n) is 16.1. The number of hydrogen-bond acceptors (Lipinski definition) is 6. The monoisotopic (exact) mass is 417 g/mol. The summed E-state index contributed by atoms with van der Waals surface area (Å²) in [6, 6.07) is 1.76. The second-order valence-electron chi connectivity index (χ2n) is 7.64. The number of fused-ring (bicyclic) bond motifs is 1. The van der Waals surface area contributed by atoms with Gasteiger partial charge in [0, 0.05) is 28.9 Å². The molecule has 1 aliphatic carbocycles. The van der Waals surface area contributed by atoms with E-state index in [1.807, 2.05) is 6.92 Å². The highest BCUT2D eigenvalue weighted by Gasteiger charge is 2.36. The molecular formula is C20H21ClFN5O2. The van der Waals surface area contributed by atoms with E-state index in [-0.39, 0.29) is 17.7 Å². The SMILES string of the molecule is COC(=O)C1CCCC(C)(Nc2nc(-c3c[nH]c4ncc(Cl)cc34)ncc2F)C1. The van der Waals surface area contributed by atoms with E-state index >= 15 is 0 Å². The van der Waals surface area contributed by atoms with E-state index in [1.54, 1.807) is 18.5 Å². The van der Waals surface area contributed by atoms with E-state index in [9.17, 15) is 9.18 Å². The molecule has 1 aliphatic rings. The molecule has 0 radical (unpaired) electrons. The highest BCUT2D eigenvalue weighted by molar-refractivity contribution is 6.31. The van der Waals surface area contributed by atoms with Gasteiger partial charge in [0.15, 0.2) is 17.5 Å². The summed E-state index contributed by atoms with van der Waals surface area (Å²) in [4.78, 5) is 27.8. The molecule has 0 spiro atoms. The van der Waals surface area contributed by atoms with Gasteiger partial charge in [-0.3, -0.25) is 4.79 Å².